The molecule has 0 saturated carbocycles. The van der Waals surface area contributed by atoms with Crippen LogP contribution in [0.4, 0.5) is 0 Å². The summed E-state index contributed by atoms with van der Waals surface area (Å²) in [6.45, 7) is 0. The van der Waals surface area contributed by atoms with Crippen LogP contribution in [0, 0.1) is 0 Å². The van der Waals surface area contributed by atoms with Crippen LogP contribution in [-0.4, -0.2) is 34.0 Å². The van der Waals surface area contributed by atoms with Crippen molar-refractivity contribution < 1.29 is 9.47 Å². The molecule has 0 atom stereocenters. The quantitative estimate of drug-likeness (QED) is 0.566. The number of thiophene rings is 1. The Hall–Kier alpha value is -2.45. The summed E-state index contributed by atoms with van der Waals surface area (Å²) < 4.78 is 12.4. The zero-order valence-corrected chi connectivity index (χ0v) is 14.0. The van der Waals surface area contributed by atoms with Crippen LogP contribution in [0.25, 0.3) is 26.9 Å². The van der Waals surface area contributed by atoms with E-state index in [9.17, 15) is 0 Å². The molecule has 4 aromatic rings. The van der Waals surface area contributed by atoms with Crippen molar-refractivity contribution in [3.63, 3.8) is 0 Å². The third kappa shape index (κ3) is 2.45. The lowest BCUT2D eigenvalue weighted by atomic mass is 10.2. The van der Waals surface area contributed by atoms with E-state index in [1.807, 2.05) is 35.0 Å². The molecule has 116 valence electrons. The molecule has 1 aromatic carbocycles. The van der Waals surface area contributed by atoms with Gasteiger partial charge in [-0.3, -0.25) is 0 Å². The van der Waals surface area contributed by atoms with E-state index in [0.717, 1.165) is 38.4 Å². The normalized spacial score (nSPS) is 11.0. The van der Waals surface area contributed by atoms with Gasteiger partial charge in [-0.1, -0.05) is 11.3 Å². The number of rotatable bonds is 4. The molecule has 0 aliphatic rings. The van der Waals surface area contributed by atoms with Gasteiger partial charge in [-0.05, 0) is 23.6 Å². The smallest absolute Gasteiger partial charge is 0.235 e. The lowest BCUT2D eigenvalue weighted by Gasteiger charge is -2.06. The van der Waals surface area contributed by atoms with Crippen LogP contribution >= 0.6 is 22.7 Å². The highest BCUT2D eigenvalue weighted by Crippen LogP contribution is 2.33. The topological polar surface area (TPSA) is 61.5 Å². The fourth-order valence-electron chi connectivity index (χ4n) is 2.24. The van der Waals surface area contributed by atoms with E-state index in [2.05, 4.69) is 15.3 Å². The number of ether oxygens (including phenoxy) is 2. The molecule has 0 N–H and O–H groups in total. The van der Waals surface area contributed by atoms with Crippen molar-refractivity contribution in [2.75, 3.05) is 14.2 Å². The highest BCUT2D eigenvalue weighted by Gasteiger charge is 2.15. The first-order valence-corrected chi connectivity index (χ1v) is 8.52. The van der Waals surface area contributed by atoms with Gasteiger partial charge in [-0.2, -0.15) is 21.0 Å². The van der Waals surface area contributed by atoms with Crippen molar-refractivity contribution in [2.24, 2.45) is 0 Å². The second-order valence-electron chi connectivity index (χ2n) is 4.74. The molecule has 23 heavy (non-hydrogen) atoms. The molecule has 0 radical (unpaired) electrons. The van der Waals surface area contributed by atoms with E-state index in [1.54, 1.807) is 30.1 Å². The lowest BCUT2D eigenvalue weighted by Crippen LogP contribution is -1.91. The zero-order chi connectivity index (χ0) is 15.8. The van der Waals surface area contributed by atoms with Gasteiger partial charge in [-0.25, -0.2) is 0 Å². The van der Waals surface area contributed by atoms with Crippen molar-refractivity contribution in [1.29, 1.82) is 0 Å². The average Bonchev–Trinajstić information content (AvgIpc) is 3.30. The lowest BCUT2D eigenvalue weighted by molar-refractivity contribution is 0.394. The van der Waals surface area contributed by atoms with Gasteiger partial charge in [0.25, 0.3) is 0 Å². The Balaban J connectivity index is 1.84. The molecule has 0 aliphatic carbocycles. The van der Waals surface area contributed by atoms with Crippen LogP contribution < -0.4 is 9.47 Å². The minimum atomic E-state index is 0.725. The van der Waals surface area contributed by atoms with Crippen molar-refractivity contribution in [2.45, 2.75) is 0 Å². The Bertz CT molecular complexity index is 937. The first-order chi connectivity index (χ1) is 11.3. The molecule has 3 aromatic heterocycles. The summed E-state index contributed by atoms with van der Waals surface area (Å²) in [6, 6.07) is 7.70. The maximum absolute atomic E-state index is 5.32. The van der Waals surface area contributed by atoms with Gasteiger partial charge in [0.1, 0.15) is 16.5 Å². The van der Waals surface area contributed by atoms with Crippen LogP contribution in [0.15, 0.2) is 35.0 Å². The monoisotopic (exact) mass is 344 g/mol. The second-order valence-corrected chi connectivity index (χ2v) is 6.47. The maximum Gasteiger partial charge on any atom is 0.235 e. The molecular formula is C15H12N4O2S2. The summed E-state index contributed by atoms with van der Waals surface area (Å²) >= 11 is 3.10. The van der Waals surface area contributed by atoms with E-state index in [4.69, 9.17) is 9.47 Å². The summed E-state index contributed by atoms with van der Waals surface area (Å²) in [5, 5.41) is 18.0. The molecule has 3 heterocycles. The number of methoxy groups -OCH3 is 2. The number of fused-ring (bicyclic) bond motifs is 1. The molecule has 4 rings (SSSR count). The van der Waals surface area contributed by atoms with E-state index in [-0.39, 0.29) is 0 Å². The highest BCUT2D eigenvalue weighted by molar-refractivity contribution is 7.19. The molecule has 0 saturated heterocycles. The molecule has 0 aliphatic heterocycles. The molecule has 0 unspecified atom stereocenters. The summed E-state index contributed by atoms with van der Waals surface area (Å²) in [7, 11) is 3.26. The van der Waals surface area contributed by atoms with E-state index >= 15 is 0 Å². The Morgan fingerprint density at radius 2 is 1.78 bits per heavy atom. The van der Waals surface area contributed by atoms with Crippen molar-refractivity contribution in [1.82, 2.24) is 19.8 Å². The third-order valence-electron chi connectivity index (χ3n) is 3.37. The summed E-state index contributed by atoms with van der Waals surface area (Å²) in [5.74, 6) is 2.20. The van der Waals surface area contributed by atoms with Gasteiger partial charge in [-0.15, -0.1) is 10.2 Å². The number of hydrogen-bond donors (Lipinski definition) is 0. The fourth-order valence-corrected chi connectivity index (χ4v) is 3.70. The Morgan fingerprint density at radius 3 is 2.43 bits per heavy atom. The Morgan fingerprint density at radius 1 is 1.00 bits per heavy atom. The summed E-state index contributed by atoms with van der Waals surface area (Å²) in [6.07, 6.45) is 0. The first-order valence-electron chi connectivity index (χ1n) is 6.77. The SMILES string of the molecule is COc1cc(OC)cc(-c2nn3c(-c4ccsc4)nnc3s2)c1. The summed E-state index contributed by atoms with van der Waals surface area (Å²) in [5.41, 5.74) is 1.94. The van der Waals surface area contributed by atoms with Gasteiger partial charge in [0.05, 0.1) is 14.2 Å². The van der Waals surface area contributed by atoms with Gasteiger partial charge >= 0.3 is 0 Å². The molecular weight excluding hydrogens is 332 g/mol. The minimum Gasteiger partial charge on any atom is -0.497 e. The molecule has 0 fully saturated rings. The van der Waals surface area contributed by atoms with Gasteiger partial charge in [0, 0.05) is 22.6 Å². The Kier molecular flexibility index (Phi) is 3.47. The number of aromatic nitrogens is 4. The predicted octanol–water partition coefficient (Wildman–Crippen LogP) is 3.60. The van der Waals surface area contributed by atoms with Gasteiger partial charge < -0.3 is 9.47 Å². The molecule has 0 spiro atoms. The van der Waals surface area contributed by atoms with Gasteiger partial charge in [0.2, 0.25) is 4.96 Å². The Labute approximate surface area is 139 Å². The van der Waals surface area contributed by atoms with Crippen LogP contribution in [0.2, 0.25) is 0 Å². The van der Waals surface area contributed by atoms with Crippen molar-refractivity contribution in [3.8, 4) is 33.5 Å². The van der Waals surface area contributed by atoms with Crippen LogP contribution in [0.5, 0.6) is 11.5 Å². The minimum absolute atomic E-state index is 0.725. The third-order valence-corrected chi connectivity index (χ3v) is 5.00. The maximum atomic E-state index is 5.32. The zero-order valence-electron chi connectivity index (χ0n) is 12.4. The molecule has 8 heteroatoms. The number of nitrogens with zero attached hydrogens (tertiary/aromatic N) is 4. The number of benzene rings is 1. The van der Waals surface area contributed by atoms with Crippen LogP contribution in [0.1, 0.15) is 0 Å². The van der Waals surface area contributed by atoms with Crippen LogP contribution in [-0.2, 0) is 0 Å². The average molecular weight is 344 g/mol. The van der Waals surface area contributed by atoms with E-state index in [0.29, 0.717) is 0 Å². The molecule has 6 nitrogen and oxygen atoms in total. The fraction of sp³-hybridized carbons (Fsp3) is 0.133. The van der Waals surface area contributed by atoms with Crippen molar-refractivity contribution >= 4 is 27.6 Å². The van der Waals surface area contributed by atoms with Crippen LogP contribution in [0.3, 0.4) is 0 Å². The predicted molar refractivity (Wildman–Crippen MR) is 90.5 cm³/mol. The largest absolute Gasteiger partial charge is 0.497 e. The second kappa shape index (κ2) is 5.64. The number of hydrogen-bond acceptors (Lipinski definition) is 7. The first kappa shape index (κ1) is 14.2. The van der Waals surface area contributed by atoms with E-state index < -0.39 is 0 Å². The molecule has 0 amide bonds. The van der Waals surface area contributed by atoms with Crippen molar-refractivity contribution in [3.05, 3.63) is 35.0 Å². The van der Waals surface area contributed by atoms with Gasteiger partial charge in [0.15, 0.2) is 5.82 Å². The molecule has 0 bridgehead atoms. The standard InChI is InChI=1S/C15H12N4O2S2/c1-20-11-5-10(6-12(7-11)21-2)14-18-19-13(9-3-4-22-8-9)16-17-15(19)23-14/h3-8H,1-2H3. The highest BCUT2D eigenvalue weighted by atomic mass is 32.1. The van der Waals surface area contributed by atoms with E-state index in [1.165, 1.54) is 11.3 Å². The summed E-state index contributed by atoms with van der Waals surface area (Å²) in [4.78, 5) is 0.753.